The molecule has 0 amide bonds. The van der Waals surface area contributed by atoms with Gasteiger partial charge in [-0.3, -0.25) is 14.2 Å². The highest BCUT2D eigenvalue weighted by molar-refractivity contribution is 7.45. The average Bonchev–Trinajstić information content (AvgIpc) is 2.34. The lowest BCUT2D eigenvalue weighted by atomic mass is 10.1. The number of unbranched alkanes of at least 4 members (excludes halogenated alkanes) is 6. The van der Waals surface area contributed by atoms with Crippen molar-refractivity contribution in [2.75, 3.05) is 47.5 Å². The van der Waals surface area contributed by atoms with Gasteiger partial charge in [-0.25, -0.2) is 0 Å². The minimum Gasteiger partial charge on any atom is -0.756 e. The molecule has 9 nitrogen and oxygen atoms in total. The molecule has 0 fully saturated rings. The number of quaternary nitrogens is 1. The lowest BCUT2D eigenvalue weighted by Crippen LogP contribution is -2.37. The van der Waals surface area contributed by atoms with Crippen LogP contribution in [-0.2, 0) is 32.7 Å². The summed E-state index contributed by atoms with van der Waals surface area (Å²) in [6, 6.07) is 0. The molecule has 0 N–H and O–H groups in total. The van der Waals surface area contributed by atoms with Crippen LogP contribution in [0.5, 0.6) is 0 Å². The third-order valence-corrected chi connectivity index (χ3v) is 14.3. The normalized spacial score (nSPS) is 14.6. The van der Waals surface area contributed by atoms with E-state index in [4.69, 9.17) is 18.5 Å². The zero-order valence-corrected chi connectivity index (χ0v) is 58.8. The number of rotatable bonds is 60. The fourth-order valence-corrected chi connectivity index (χ4v) is 8.85. The molecule has 2 atom stereocenters. The maximum Gasteiger partial charge on any atom is 0.306 e. The number of phosphoric acid groups is 1. The summed E-state index contributed by atoms with van der Waals surface area (Å²) in [6.07, 6.45) is 114. The van der Waals surface area contributed by atoms with Crippen LogP contribution in [0, 0.1) is 0 Å². The first-order valence-corrected chi connectivity index (χ1v) is 36.2. The van der Waals surface area contributed by atoms with Crippen LogP contribution in [0.1, 0.15) is 206 Å². The fraction of sp³-hybridized carbons (Fsp3) is 0.488. The molecule has 0 aromatic carbocycles. The van der Waals surface area contributed by atoms with Gasteiger partial charge in [0.2, 0.25) is 0 Å². The Kier molecular flexibility index (Phi) is 64.5. The highest BCUT2D eigenvalue weighted by Gasteiger charge is 2.22. The zero-order chi connectivity index (χ0) is 66.9. The molecule has 2 unspecified atom stereocenters. The summed E-state index contributed by atoms with van der Waals surface area (Å²) in [4.78, 5) is 38.0. The van der Waals surface area contributed by atoms with Crippen molar-refractivity contribution in [3.8, 4) is 0 Å². The van der Waals surface area contributed by atoms with E-state index in [1.807, 2.05) is 21.1 Å². The van der Waals surface area contributed by atoms with Crippen molar-refractivity contribution in [2.24, 2.45) is 0 Å². The Labute approximate surface area is 562 Å². The molecular weight excluding hydrogens is 1160 g/mol. The van der Waals surface area contributed by atoms with Crippen LogP contribution in [0.3, 0.4) is 0 Å². The predicted octanol–water partition coefficient (Wildman–Crippen LogP) is 22.5. The van der Waals surface area contributed by atoms with Crippen molar-refractivity contribution in [1.82, 2.24) is 0 Å². The predicted molar refractivity (Wildman–Crippen MR) is 396 cm³/mol. The maximum atomic E-state index is 12.9. The molecule has 0 rings (SSSR count). The molecule has 0 saturated heterocycles. The SMILES string of the molecule is CC/C=C\C/C=C\C/C=C\C/C=C\C/C=C\C/C=C\C/C=C\C/C=C\C/C=C\C/C=C\C/C=C\CCCCCC(=O)OC(COC(=O)CCCCC/C=C\C/C=C\C/C=C\C/C=C\C/C=C\C/C=C\C/C=C\C/C=C\C/C=C\CC)COP(=O)([O-])OCC[N+](C)(C)C. The second-order valence-electron chi connectivity index (χ2n) is 23.1. The Bertz CT molecular complexity index is 2450. The Morgan fingerprint density at radius 1 is 0.337 bits per heavy atom. The summed E-state index contributed by atoms with van der Waals surface area (Å²) >= 11 is 0. The standard InChI is InChI=1S/C82H124NO8P/c1-6-8-10-12-14-16-18-20-22-24-26-28-30-32-34-36-38-39-40-41-42-43-45-47-49-51-53-55-57-59-61-63-65-67-69-71-73-75-82(85)91-80(79-90-92(86,87)89-77-76-83(3,4)5)78-88-81(84)74-72-70-68-66-64-62-60-58-56-54-52-50-48-46-44-37-35-33-31-29-27-25-23-21-19-17-15-13-11-9-7-2/h8-11,14-17,20-23,26-29,32-35,38-39,41-42,44-47,50-53,56-59,62-65,80H,6-7,12-13,18-19,24-25,30-31,36-37,40,43,48-49,54-55,60-61,66-79H2,1-5H3/b10-8-,11-9-,16-14-,17-15-,22-20-,23-21-,28-26-,29-27-,34-32-,35-33-,39-38-,42-41-,46-44-,47-45-,52-50-,53-51-,58-56-,59-57-,64-62-,65-63-. The van der Waals surface area contributed by atoms with Crippen LogP contribution >= 0.6 is 7.82 Å². The molecule has 0 aromatic rings. The lowest BCUT2D eigenvalue weighted by molar-refractivity contribution is -0.870. The van der Waals surface area contributed by atoms with Crippen molar-refractivity contribution >= 4 is 19.8 Å². The number of esters is 2. The summed E-state index contributed by atoms with van der Waals surface area (Å²) < 4.78 is 34.2. The third-order valence-electron chi connectivity index (χ3n) is 13.4. The molecule has 0 bridgehead atoms. The molecule has 0 spiro atoms. The first-order valence-electron chi connectivity index (χ1n) is 34.7. The number of carbonyl (C=O) groups is 2. The molecule has 0 aliphatic heterocycles. The fourth-order valence-electron chi connectivity index (χ4n) is 8.12. The molecule has 10 heteroatoms. The van der Waals surface area contributed by atoms with Gasteiger partial charge >= 0.3 is 11.9 Å². The van der Waals surface area contributed by atoms with E-state index in [-0.39, 0.29) is 26.1 Å². The van der Waals surface area contributed by atoms with E-state index in [9.17, 15) is 19.0 Å². The summed E-state index contributed by atoms with van der Waals surface area (Å²) in [5, 5.41) is 0. The number of nitrogens with zero attached hydrogens (tertiary/aromatic N) is 1. The van der Waals surface area contributed by atoms with Gasteiger partial charge in [-0.1, -0.05) is 270 Å². The van der Waals surface area contributed by atoms with Crippen molar-refractivity contribution in [3.63, 3.8) is 0 Å². The van der Waals surface area contributed by atoms with Gasteiger partial charge in [-0.15, -0.1) is 0 Å². The maximum absolute atomic E-state index is 12.9. The minimum absolute atomic E-state index is 0.0585. The van der Waals surface area contributed by atoms with Gasteiger partial charge in [-0.05, 0) is 167 Å². The Balaban J connectivity index is 4.31. The Morgan fingerprint density at radius 2 is 0.587 bits per heavy atom. The molecule has 0 aromatic heterocycles. The van der Waals surface area contributed by atoms with Gasteiger partial charge in [0.1, 0.15) is 19.8 Å². The van der Waals surface area contributed by atoms with Crippen molar-refractivity contribution in [3.05, 3.63) is 243 Å². The first-order chi connectivity index (χ1) is 45.0. The summed E-state index contributed by atoms with van der Waals surface area (Å²) in [5.74, 6) is -0.934. The van der Waals surface area contributed by atoms with Crippen LogP contribution in [0.2, 0.25) is 0 Å². The van der Waals surface area contributed by atoms with Crippen LogP contribution < -0.4 is 4.89 Å². The second-order valence-corrected chi connectivity index (χ2v) is 24.5. The Hall–Kier alpha value is -6.19. The summed E-state index contributed by atoms with van der Waals surface area (Å²) in [6.45, 7) is 3.89. The second kappa shape index (κ2) is 69.2. The van der Waals surface area contributed by atoms with E-state index in [2.05, 4.69) is 257 Å². The number of likely N-dealkylation sites (N-methyl/N-ethyl adjacent to an activating group) is 1. The van der Waals surface area contributed by atoms with Gasteiger partial charge in [0.15, 0.2) is 6.10 Å². The van der Waals surface area contributed by atoms with Gasteiger partial charge in [0.25, 0.3) is 7.82 Å². The third kappa shape index (κ3) is 72.9. The number of ether oxygens (including phenoxy) is 2. The van der Waals surface area contributed by atoms with Crippen molar-refractivity contribution < 1.29 is 42.1 Å². The molecule has 0 aliphatic rings. The zero-order valence-electron chi connectivity index (χ0n) is 57.9. The smallest absolute Gasteiger partial charge is 0.306 e. The van der Waals surface area contributed by atoms with Crippen LogP contribution in [-0.4, -0.2) is 70.0 Å². The van der Waals surface area contributed by atoms with Gasteiger partial charge < -0.3 is 27.9 Å². The number of hydrogen-bond acceptors (Lipinski definition) is 8. The minimum atomic E-state index is -4.68. The van der Waals surface area contributed by atoms with Crippen molar-refractivity contribution in [1.29, 1.82) is 0 Å². The summed E-state index contributed by atoms with van der Waals surface area (Å²) in [7, 11) is 1.08. The largest absolute Gasteiger partial charge is 0.756 e. The highest BCUT2D eigenvalue weighted by atomic mass is 31.2. The number of allylic oxidation sites excluding steroid dienone is 40. The quantitative estimate of drug-likeness (QED) is 0.0195. The molecule has 92 heavy (non-hydrogen) atoms. The number of phosphoric ester groups is 1. The Morgan fingerprint density at radius 3 is 0.848 bits per heavy atom. The first kappa shape index (κ1) is 85.8. The van der Waals surface area contributed by atoms with Crippen LogP contribution in [0.15, 0.2) is 243 Å². The van der Waals surface area contributed by atoms with Gasteiger partial charge in [-0.2, -0.15) is 0 Å². The molecule has 0 radical (unpaired) electrons. The van der Waals surface area contributed by atoms with E-state index in [1.54, 1.807) is 0 Å². The van der Waals surface area contributed by atoms with Crippen LogP contribution in [0.25, 0.3) is 0 Å². The van der Waals surface area contributed by atoms with Crippen molar-refractivity contribution in [2.45, 2.75) is 213 Å². The average molecular weight is 1280 g/mol. The van der Waals surface area contributed by atoms with Gasteiger partial charge in [0.05, 0.1) is 27.7 Å². The molecule has 0 saturated carbocycles. The topological polar surface area (TPSA) is 111 Å². The number of hydrogen-bond donors (Lipinski definition) is 0. The van der Waals surface area contributed by atoms with E-state index < -0.39 is 32.5 Å². The highest BCUT2D eigenvalue weighted by Crippen LogP contribution is 2.38. The lowest BCUT2D eigenvalue weighted by Gasteiger charge is -2.28. The monoisotopic (exact) mass is 1280 g/mol. The molecule has 0 aliphatic carbocycles. The molecule has 510 valence electrons. The molecule has 0 heterocycles. The van der Waals surface area contributed by atoms with Gasteiger partial charge in [0, 0.05) is 12.8 Å². The molecular formula is C82H124NO8P. The van der Waals surface area contributed by atoms with E-state index in [0.29, 0.717) is 23.9 Å². The number of carbonyl (C=O) groups excluding carboxylic acids is 2. The van der Waals surface area contributed by atoms with Crippen LogP contribution in [0.4, 0.5) is 0 Å². The van der Waals surface area contributed by atoms with E-state index >= 15 is 0 Å². The van der Waals surface area contributed by atoms with E-state index in [0.717, 1.165) is 167 Å². The van der Waals surface area contributed by atoms with E-state index in [1.165, 1.54) is 0 Å². The summed E-state index contributed by atoms with van der Waals surface area (Å²) in [5.41, 5.74) is 0.